The van der Waals surface area contributed by atoms with Gasteiger partial charge in [-0.15, -0.1) is 0 Å². The number of hydrogen-bond acceptors (Lipinski definition) is 3. The Hall–Kier alpha value is -2.23. The minimum absolute atomic E-state index is 0.136. The second-order valence-corrected chi connectivity index (χ2v) is 5.89. The summed E-state index contributed by atoms with van der Waals surface area (Å²) >= 11 is 0. The summed E-state index contributed by atoms with van der Waals surface area (Å²) in [4.78, 5) is 11.6. The lowest BCUT2D eigenvalue weighted by molar-refractivity contribution is 0.0946. The number of carbonyl (C=O) groups is 1. The van der Waals surface area contributed by atoms with Gasteiger partial charge in [0.2, 0.25) is 0 Å². The Morgan fingerprint density at radius 2 is 1.90 bits per heavy atom. The van der Waals surface area contributed by atoms with Gasteiger partial charge in [-0.2, -0.15) is 0 Å². The summed E-state index contributed by atoms with van der Waals surface area (Å²) in [7, 11) is 0. The maximum atomic E-state index is 11.6. The summed E-state index contributed by atoms with van der Waals surface area (Å²) in [5.41, 5.74) is 1.92. The second kappa shape index (κ2) is 6.48. The van der Waals surface area contributed by atoms with Crippen molar-refractivity contribution in [3.05, 3.63) is 54.0 Å². The van der Waals surface area contributed by atoms with Crippen LogP contribution in [0.25, 0.3) is 0 Å². The summed E-state index contributed by atoms with van der Waals surface area (Å²) in [5, 5.41) is 2.77. The van der Waals surface area contributed by atoms with Crippen LogP contribution < -0.4 is 10.1 Å². The molecular formula is C17H21NO3. The van der Waals surface area contributed by atoms with Gasteiger partial charge < -0.3 is 14.5 Å². The summed E-state index contributed by atoms with van der Waals surface area (Å²) in [6.07, 6.45) is 2.89. The Morgan fingerprint density at radius 1 is 1.19 bits per heavy atom. The van der Waals surface area contributed by atoms with E-state index in [1.54, 1.807) is 6.07 Å². The molecule has 1 aromatic carbocycles. The molecule has 2 aromatic rings. The summed E-state index contributed by atoms with van der Waals surface area (Å²) in [6, 6.07) is 9.68. The number of furan rings is 1. The first-order valence-electron chi connectivity index (χ1n) is 7.00. The third kappa shape index (κ3) is 4.38. The van der Waals surface area contributed by atoms with E-state index in [0.29, 0.717) is 18.7 Å². The standard InChI is InChI=1S/C17H21NO3/c1-17(2,3)14-4-6-15(7-5-14)21-11-9-18-16(19)13-8-10-20-12-13/h4-8,10,12H,9,11H2,1-3H3,(H,18,19). The fourth-order valence-corrected chi connectivity index (χ4v) is 1.88. The molecule has 1 aromatic heterocycles. The Balaban J connectivity index is 1.75. The van der Waals surface area contributed by atoms with E-state index in [4.69, 9.17) is 9.15 Å². The van der Waals surface area contributed by atoms with Crippen LogP contribution in [0.5, 0.6) is 5.75 Å². The van der Waals surface area contributed by atoms with Crippen molar-refractivity contribution in [1.29, 1.82) is 0 Å². The fourth-order valence-electron chi connectivity index (χ4n) is 1.88. The van der Waals surface area contributed by atoms with Gasteiger partial charge in [-0.05, 0) is 29.2 Å². The first kappa shape index (κ1) is 15.2. The number of carbonyl (C=O) groups excluding carboxylic acids is 1. The van der Waals surface area contributed by atoms with Crippen LogP contribution in [0.3, 0.4) is 0 Å². The first-order valence-corrected chi connectivity index (χ1v) is 7.00. The van der Waals surface area contributed by atoms with E-state index in [9.17, 15) is 4.79 Å². The van der Waals surface area contributed by atoms with Crippen LogP contribution in [0.2, 0.25) is 0 Å². The van der Waals surface area contributed by atoms with Gasteiger partial charge in [0.25, 0.3) is 5.91 Å². The molecule has 21 heavy (non-hydrogen) atoms. The second-order valence-electron chi connectivity index (χ2n) is 5.89. The van der Waals surface area contributed by atoms with Gasteiger partial charge in [-0.25, -0.2) is 0 Å². The molecule has 0 aliphatic heterocycles. The van der Waals surface area contributed by atoms with Crippen molar-refractivity contribution < 1.29 is 13.9 Å². The van der Waals surface area contributed by atoms with Crippen LogP contribution in [0.1, 0.15) is 36.7 Å². The van der Waals surface area contributed by atoms with Crippen LogP contribution in [0, 0.1) is 0 Å². The topological polar surface area (TPSA) is 51.5 Å². The van der Waals surface area contributed by atoms with Gasteiger partial charge >= 0.3 is 0 Å². The molecule has 1 amide bonds. The quantitative estimate of drug-likeness (QED) is 0.858. The van der Waals surface area contributed by atoms with Gasteiger partial charge in [-0.3, -0.25) is 4.79 Å². The zero-order chi connectivity index (χ0) is 15.3. The highest BCUT2D eigenvalue weighted by atomic mass is 16.5. The van der Waals surface area contributed by atoms with Gasteiger partial charge in [0, 0.05) is 0 Å². The monoisotopic (exact) mass is 287 g/mol. The molecule has 0 saturated heterocycles. The van der Waals surface area contributed by atoms with Crippen molar-refractivity contribution in [3.8, 4) is 5.75 Å². The van der Waals surface area contributed by atoms with Crippen LogP contribution in [0.15, 0.2) is 47.3 Å². The largest absolute Gasteiger partial charge is 0.492 e. The molecular weight excluding hydrogens is 266 g/mol. The molecule has 0 radical (unpaired) electrons. The van der Waals surface area contributed by atoms with Gasteiger partial charge in [0.05, 0.1) is 18.4 Å². The number of rotatable bonds is 5. The molecule has 0 atom stereocenters. The van der Waals surface area contributed by atoms with E-state index < -0.39 is 0 Å². The van der Waals surface area contributed by atoms with Crippen molar-refractivity contribution >= 4 is 5.91 Å². The SMILES string of the molecule is CC(C)(C)c1ccc(OCCNC(=O)c2ccoc2)cc1. The predicted octanol–water partition coefficient (Wildman–Crippen LogP) is 3.39. The van der Waals surface area contributed by atoms with Gasteiger partial charge in [0.15, 0.2) is 0 Å². The Kier molecular flexibility index (Phi) is 4.68. The average Bonchev–Trinajstić information content (AvgIpc) is 2.97. The molecule has 0 saturated carbocycles. The zero-order valence-corrected chi connectivity index (χ0v) is 12.7. The lowest BCUT2D eigenvalue weighted by Gasteiger charge is -2.19. The van der Waals surface area contributed by atoms with Crippen LogP contribution in [-0.2, 0) is 5.41 Å². The highest BCUT2D eigenvalue weighted by molar-refractivity contribution is 5.93. The van der Waals surface area contributed by atoms with E-state index in [0.717, 1.165) is 5.75 Å². The molecule has 4 nitrogen and oxygen atoms in total. The summed E-state index contributed by atoms with van der Waals surface area (Å²) in [6.45, 7) is 7.40. The third-order valence-electron chi connectivity index (χ3n) is 3.16. The molecule has 0 bridgehead atoms. The van der Waals surface area contributed by atoms with E-state index in [1.165, 1.54) is 18.1 Å². The van der Waals surface area contributed by atoms with Crippen molar-refractivity contribution in [2.75, 3.05) is 13.2 Å². The Bertz CT molecular complexity index is 565. The first-order chi connectivity index (χ1) is 9.97. The van der Waals surface area contributed by atoms with Gasteiger partial charge in [-0.1, -0.05) is 32.9 Å². The molecule has 0 aliphatic rings. The minimum Gasteiger partial charge on any atom is -0.492 e. The number of benzene rings is 1. The van der Waals surface area contributed by atoms with E-state index in [2.05, 4.69) is 38.2 Å². The Morgan fingerprint density at radius 3 is 2.48 bits per heavy atom. The van der Waals surface area contributed by atoms with E-state index in [1.807, 2.05) is 12.1 Å². The summed E-state index contributed by atoms with van der Waals surface area (Å²) < 4.78 is 10.5. The van der Waals surface area contributed by atoms with Crippen LogP contribution >= 0.6 is 0 Å². The predicted molar refractivity (Wildman–Crippen MR) is 81.7 cm³/mol. The van der Waals surface area contributed by atoms with E-state index >= 15 is 0 Å². The minimum atomic E-state index is -0.157. The smallest absolute Gasteiger partial charge is 0.254 e. The van der Waals surface area contributed by atoms with Crippen molar-refractivity contribution in [2.24, 2.45) is 0 Å². The molecule has 4 heteroatoms. The molecule has 0 unspecified atom stereocenters. The lowest BCUT2D eigenvalue weighted by Crippen LogP contribution is -2.27. The van der Waals surface area contributed by atoms with Gasteiger partial charge in [0.1, 0.15) is 18.6 Å². The molecule has 1 heterocycles. The summed E-state index contributed by atoms with van der Waals surface area (Å²) in [5.74, 6) is 0.649. The average molecular weight is 287 g/mol. The number of ether oxygens (including phenoxy) is 1. The fraction of sp³-hybridized carbons (Fsp3) is 0.353. The molecule has 0 spiro atoms. The number of nitrogens with one attached hydrogen (secondary N) is 1. The molecule has 0 fully saturated rings. The highest BCUT2D eigenvalue weighted by Gasteiger charge is 2.12. The molecule has 1 N–H and O–H groups in total. The molecule has 2 rings (SSSR count). The van der Waals surface area contributed by atoms with E-state index in [-0.39, 0.29) is 11.3 Å². The number of hydrogen-bond donors (Lipinski definition) is 1. The molecule has 112 valence electrons. The maximum absolute atomic E-state index is 11.6. The Labute approximate surface area is 125 Å². The highest BCUT2D eigenvalue weighted by Crippen LogP contribution is 2.24. The molecule has 0 aliphatic carbocycles. The zero-order valence-electron chi connectivity index (χ0n) is 12.7. The van der Waals surface area contributed by atoms with Crippen molar-refractivity contribution in [3.63, 3.8) is 0 Å². The maximum Gasteiger partial charge on any atom is 0.254 e. The van der Waals surface area contributed by atoms with Crippen molar-refractivity contribution in [1.82, 2.24) is 5.32 Å². The van der Waals surface area contributed by atoms with Crippen LogP contribution in [-0.4, -0.2) is 19.1 Å². The van der Waals surface area contributed by atoms with Crippen molar-refractivity contribution in [2.45, 2.75) is 26.2 Å². The number of amides is 1. The normalized spacial score (nSPS) is 11.2. The van der Waals surface area contributed by atoms with Crippen LogP contribution in [0.4, 0.5) is 0 Å². The third-order valence-corrected chi connectivity index (χ3v) is 3.16. The lowest BCUT2D eigenvalue weighted by atomic mass is 9.87.